The Labute approximate surface area is 84.0 Å². The number of rotatable bonds is 6. The summed E-state index contributed by atoms with van der Waals surface area (Å²) in [6.07, 6.45) is 1.00. The third kappa shape index (κ3) is 5.53. The average Bonchev–Trinajstić information content (AvgIpc) is 2.14. The highest BCUT2D eigenvalue weighted by Crippen LogP contribution is 1.90. The number of esters is 1. The number of nitrogens with two attached hydrogens (primary N) is 1. The Bertz CT molecular complexity index is 194. The number of ether oxygens (including phenoxy) is 1. The molecule has 0 aliphatic carbocycles. The van der Waals surface area contributed by atoms with E-state index in [9.17, 15) is 9.59 Å². The summed E-state index contributed by atoms with van der Waals surface area (Å²) >= 11 is 0. The predicted molar refractivity (Wildman–Crippen MR) is 52.5 cm³/mol. The van der Waals surface area contributed by atoms with Crippen LogP contribution in [0.4, 0.5) is 0 Å². The highest BCUT2D eigenvalue weighted by molar-refractivity contribution is 5.84. The van der Waals surface area contributed by atoms with Gasteiger partial charge in [0.25, 0.3) is 0 Å². The van der Waals surface area contributed by atoms with E-state index in [1.165, 1.54) is 0 Å². The zero-order valence-corrected chi connectivity index (χ0v) is 8.71. The standard InChI is InChI=1S/C9H18N2O3/c1-3-6-14-9(13)7(2)11-8(12)4-5-10/h7H,3-6,10H2,1-2H3,(H,11,12)/t7-/m0/s1. The molecule has 3 N–H and O–H groups in total. The van der Waals surface area contributed by atoms with Gasteiger partial charge in [-0.2, -0.15) is 0 Å². The molecule has 0 aliphatic heterocycles. The number of carbonyl (C=O) groups is 2. The molecule has 0 fully saturated rings. The number of hydrogen-bond donors (Lipinski definition) is 2. The van der Waals surface area contributed by atoms with Crippen molar-refractivity contribution in [1.82, 2.24) is 5.32 Å². The molecule has 1 amide bonds. The lowest BCUT2D eigenvalue weighted by Gasteiger charge is -2.12. The maximum Gasteiger partial charge on any atom is 0.328 e. The van der Waals surface area contributed by atoms with Crippen LogP contribution in [0.25, 0.3) is 0 Å². The van der Waals surface area contributed by atoms with Gasteiger partial charge in [0.1, 0.15) is 6.04 Å². The molecular weight excluding hydrogens is 184 g/mol. The fourth-order valence-corrected chi connectivity index (χ4v) is 0.831. The second-order valence-corrected chi connectivity index (χ2v) is 3.00. The number of amides is 1. The second kappa shape index (κ2) is 7.32. The van der Waals surface area contributed by atoms with E-state index in [2.05, 4.69) is 5.32 Å². The van der Waals surface area contributed by atoms with Gasteiger partial charge in [0.05, 0.1) is 6.61 Å². The minimum Gasteiger partial charge on any atom is -0.464 e. The first-order valence-electron chi connectivity index (χ1n) is 4.77. The van der Waals surface area contributed by atoms with Crippen molar-refractivity contribution in [2.45, 2.75) is 32.7 Å². The van der Waals surface area contributed by atoms with Crippen molar-refractivity contribution in [3.05, 3.63) is 0 Å². The smallest absolute Gasteiger partial charge is 0.328 e. The fourth-order valence-electron chi connectivity index (χ4n) is 0.831. The third-order valence-electron chi connectivity index (χ3n) is 1.55. The predicted octanol–water partition coefficient (Wildman–Crippen LogP) is -0.207. The summed E-state index contributed by atoms with van der Waals surface area (Å²) in [7, 11) is 0. The Balaban J connectivity index is 3.76. The number of carbonyl (C=O) groups excluding carboxylic acids is 2. The first-order valence-corrected chi connectivity index (χ1v) is 4.77. The molecule has 0 spiro atoms. The molecule has 1 atom stereocenters. The quantitative estimate of drug-likeness (QED) is 0.584. The highest BCUT2D eigenvalue weighted by Gasteiger charge is 2.15. The molecule has 5 heteroatoms. The maximum atomic E-state index is 11.2. The molecule has 0 aromatic heterocycles. The molecular formula is C9H18N2O3. The van der Waals surface area contributed by atoms with Gasteiger partial charge in [-0.1, -0.05) is 6.92 Å². The summed E-state index contributed by atoms with van der Waals surface area (Å²) in [4.78, 5) is 22.2. The Morgan fingerprint density at radius 2 is 2.14 bits per heavy atom. The van der Waals surface area contributed by atoms with Crippen LogP contribution >= 0.6 is 0 Å². The SMILES string of the molecule is CCCOC(=O)[C@H](C)NC(=O)CCN. The van der Waals surface area contributed by atoms with Crippen molar-refractivity contribution in [3.63, 3.8) is 0 Å². The van der Waals surface area contributed by atoms with Crippen LogP contribution in [0.1, 0.15) is 26.7 Å². The average molecular weight is 202 g/mol. The van der Waals surface area contributed by atoms with Crippen LogP contribution in [0.3, 0.4) is 0 Å². The molecule has 0 saturated heterocycles. The minimum atomic E-state index is -0.597. The van der Waals surface area contributed by atoms with Crippen molar-refractivity contribution in [2.24, 2.45) is 5.73 Å². The minimum absolute atomic E-state index is 0.228. The largest absolute Gasteiger partial charge is 0.464 e. The molecule has 0 aromatic rings. The summed E-state index contributed by atoms with van der Waals surface area (Å²) in [6.45, 7) is 4.16. The van der Waals surface area contributed by atoms with Gasteiger partial charge in [-0.15, -0.1) is 0 Å². The summed E-state index contributed by atoms with van der Waals surface area (Å²) in [5.41, 5.74) is 5.18. The Kier molecular flexibility index (Phi) is 6.74. The van der Waals surface area contributed by atoms with Crippen LogP contribution in [0.15, 0.2) is 0 Å². The summed E-state index contributed by atoms with van der Waals surface area (Å²) < 4.78 is 4.85. The van der Waals surface area contributed by atoms with Crippen LogP contribution in [0, 0.1) is 0 Å². The lowest BCUT2D eigenvalue weighted by atomic mass is 10.3. The van der Waals surface area contributed by atoms with E-state index >= 15 is 0 Å². The summed E-state index contributed by atoms with van der Waals surface area (Å²) in [5, 5.41) is 2.50. The van der Waals surface area contributed by atoms with E-state index in [1.807, 2.05) is 6.92 Å². The Morgan fingerprint density at radius 1 is 1.50 bits per heavy atom. The van der Waals surface area contributed by atoms with Gasteiger partial charge in [-0.25, -0.2) is 4.79 Å². The van der Waals surface area contributed by atoms with Crippen LogP contribution in [-0.4, -0.2) is 31.1 Å². The van der Waals surface area contributed by atoms with Gasteiger partial charge in [0.15, 0.2) is 0 Å². The van der Waals surface area contributed by atoms with E-state index in [0.29, 0.717) is 6.61 Å². The van der Waals surface area contributed by atoms with Gasteiger partial charge >= 0.3 is 5.97 Å². The summed E-state index contributed by atoms with van der Waals surface area (Å²) in [6, 6.07) is -0.597. The molecule has 0 aliphatic rings. The van der Waals surface area contributed by atoms with Gasteiger partial charge < -0.3 is 15.8 Å². The van der Waals surface area contributed by atoms with Crippen molar-refractivity contribution < 1.29 is 14.3 Å². The van der Waals surface area contributed by atoms with Gasteiger partial charge in [0, 0.05) is 13.0 Å². The molecule has 0 radical (unpaired) electrons. The molecule has 0 saturated carbocycles. The zero-order valence-electron chi connectivity index (χ0n) is 8.71. The molecule has 0 unspecified atom stereocenters. The van der Waals surface area contributed by atoms with E-state index in [1.54, 1.807) is 6.92 Å². The maximum absolute atomic E-state index is 11.2. The molecule has 0 bridgehead atoms. The van der Waals surface area contributed by atoms with Crippen LogP contribution in [-0.2, 0) is 14.3 Å². The van der Waals surface area contributed by atoms with E-state index in [-0.39, 0.29) is 18.9 Å². The summed E-state index contributed by atoms with van der Waals surface area (Å²) in [5.74, 6) is -0.634. The molecule has 82 valence electrons. The number of hydrogen-bond acceptors (Lipinski definition) is 4. The Hall–Kier alpha value is -1.10. The van der Waals surface area contributed by atoms with Gasteiger partial charge in [0.2, 0.25) is 5.91 Å². The zero-order chi connectivity index (χ0) is 11.0. The third-order valence-corrected chi connectivity index (χ3v) is 1.55. The highest BCUT2D eigenvalue weighted by atomic mass is 16.5. The monoisotopic (exact) mass is 202 g/mol. The Morgan fingerprint density at radius 3 is 2.64 bits per heavy atom. The first kappa shape index (κ1) is 12.9. The van der Waals surface area contributed by atoms with Gasteiger partial charge in [-0.3, -0.25) is 4.79 Å². The molecule has 5 nitrogen and oxygen atoms in total. The van der Waals surface area contributed by atoms with Crippen molar-refractivity contribution >= 4 is 11.9 Å². The van der Waals surface area contributed by atoms with Gasteiger partial charge in [-0.05, 0) is 13.3 Å². The van der Waals surface area contributed by atoms with Crippen LogP contribution in [0.2, 0.25) is 0 Å². The molecule has 0 aromatic carbocycles. The van der Waals surface area contributed by atoms with Crippen molar-refractivity contribution in [1.29, 1.82) is 0 Å². The molecule has 14 heavy (non-hydrogen) atoms. The van der Waals surface area contributed by atoms with E-state index in [4.69, 9.17) is 10.5 Å². The van der Waals surface area contributed by atoms with Crippen molar-refractivity contribution in [2.75, 3.05) is 13.2 Å². The molecule has 0 heterocycles. The van der Waals surface area contributed by atoms with Crippen LogP contribution < -0.4 is 11.1 Å². The number of nitrogens with one attached hydrogen (secondary N) is 1. The van der Waals surface area contributed by atoms with E-state index in [0.717, 1.165) is 6.42 Å². The lowest BCUT2D eigenvalue weighted by molar-refractivity contribution is -0.147. The fraction of sp³-hybridized carbons (Fsp3) is 0.778. The second-order valence-electron chi connectivity index (χ2n) is 3.00. The van der Waals surface area contributed by atoms with Crippen molar-refractivity contribution in [3.8, 4) is 0 Å². The topological polar surface area (TPSA) is 81.4 Å². The molecule has 0 rings (SSSR count). The van der Waals surface area contributed by atoms with E-state index < -0.39 is 12.0 Å². The normalized spacial score (nSPS) is 11.9. The lowest BCUT2D eigenvalue weighted by Crippen LogP contribution is -2.40. The first-order chi connectivity index (χ1) is 6.61. The van der Waals surface area contributed by atoms with Crippen LogP contribution in [0.5, 0.6) is 0 Å².